The molecule has 0 saturated carbocycles. The van der Waals surface area contributed by atoms with E-state index in [0.717, 1.165) is 41.0 Å². The Kier molecular flexibility index (Phi) is 6.45. The number of sulfonamides is 1. The molecule has 0 bridgehead atoms. The van der Waals surface area contributed by atoms with Gasteiger partial charge in [0.05, 0.1) is 22.6 Å². The molecule has 0 spiro atoms. The van der Waals surface area contributed by atoms with Crippen LogP contribution >= 0.6 is 0 Å². The van der Waals surface area contributed by atoms with Gasteiger partial charge in [-0.05, 0) is 54.1 Å². The van der Waals surface area contributed by atoms with Crippen LogP contribution in [0.1, 0.15) is 11.1 Å². The number of amidine groups is 1. The van der Waals surface area contributed by atoms with Gasteiger partial charge in [0.2, 0.25) is 5.84 Å². The van der Waals surface area contributed by atoms with E-state index < -0.39 is 26.7 Å². The Morgan fingerprint density at radius 3 is 2.24 bits per heavy atom. The molecule has 5 rings (SSSR count). The summed E-state index contributed by atoms with van der Waals surface area (Å²) in [5, 5.41) is 1.89. The van der Waals surface area contributed by atoms with Crippen LogP contribution < -0.4 is 14.8 Å². The van der Waals surface area contributed by atoms with Crippen LogP contribution in [0.25, 0.3) is 0 Å². The third-order valence-electron chi connectivity index (χ3n) is 5.64. The predicted octanol–water partition coefficient (Wildman–Crippen LogP) is 5.78. The molecule has 6 nitrogen and oxygen atoms in total. The summed E-state index contributed by atoms with van der Waals surface area (Å²) in [6.07, 6.45) is -4.26. The number of quaternary nitrogens is 1. The molecule has 1 aliphatic rings. The van der Waals surface area contributed by atoms with Crippen LogP contribution in [0.4, 0.5) is 30.2 Å². The molecule has 1 aliphatic heterocycles. The number of nitrogens with one attached hydrogen (secondary N) is 1. The summed E-state index contributed by atoms with van der Waals surface area (Å²) in [5.41, 5.74) is 1.22. The van der Waals surface area contributed by atoms with Crippen molar-refractivity contribution in [3.63, 3.8) is 0 Å². The Labute approximate surface area is 211 Å². The van der Waals surface area contributed by atoms with Crippen molar-refractivity contribution in [3.05, 3.63) is 108 Å². The van der Waals surface area contributed by atoms with E-state index >= 15 is 0 Å². The molecule has 1 heterocycles. The van der Waals surface area contributed by atoms with Crippen molar-refractivity contribution < 1.29 is 31.6 Å². The lowest BCUT2D eigenvalue weighted by molar-refractivity contribution is -0.440. The summed E-state index contributed by atoms with van der Waals surface area (Å²) >= 11 is 0. The summed E-state index contributed by atoms with van der Waals surface area (Å²) in [7, 11) is -4.47. The van der Waals surface area contributed by atoms with Gasteiger partial charge in [0.25, 0.3) is 10.0 Å². The van der Waals surface area contributed by atoms with Crippen molar-refractivity contribution in [1.82, 2.24) is 0 Å². The van der Waals surface area contributed by atoms with Crippen molar-refractivity contribution in [1.29, 1.82) is 0 Å². The van der Waals surface area contributed by atoms with Gasteiger partial charge in [0.1, 0.15) is 17.2 Å². The highest BCUT2D eigenvalue weighted by Gasteiger charge is 2.37. The Morgan fingerprint density at radius 2 is 1.51 bits per heavy atom. The number of nitrogens with zero attached hydrogens (tertiary/aromatic N) is 1. The summed E-state index contributed by atoms with van der Waals surface area (Å²) in [4.78, 5) is 3.74. The number of nitrogens with two attached hydrogens (primary N) is 1. The molecule has 0 radical (unpaired) electrons. The smallest absolute Gasteiger partial charge is 0.417 e. The molecule has 3 N–H and O–H groups in total. The number of para-hydroxylation sites is 1. The molecular weight excluding hydrogens is 503 g/mol. The Hall–Kier alpha value is -4.15. The molecule has 0 amide bonds. The Morgan fingerprint density at radius 1 is 0.838 bits per heavy atom. The SMILES string of the molecule is O=S(=O)(Nc1ccc2c(c1)N=C(Cc1ccc(Oc3ccccc3)cc1)[NH2+]2)c1ccccc1C(F)(F)F. The molecule has 0 aliphatic carbocycles. The fraction of sp³-hybridized carbons (Fsp3) is 0.0741. The lowest BCUT2D eigenvalue weighted by atomic mass is 10.1. The number of rotatable bonds is 7. The average molecular weight is 525 g/mol. The number of hydrogen-bond donors (Lipinski definition) is 2. The zero-order valence-corrected chi connectivity index (χ0v) is 20.1. The van der Waals surface area contributed by atoms with Gasteiger partial charge < -0.3 is 4.74 Å². The Bertz CT molecular complexity index is 1570. The van der Waals surface area contributed by atoms with Crippen molar-refractivity contribution in [2.45, 2.75) is 17.5 Å². The highest BCUT2D eigenvalue weighted by atomic mass is 32.2. The van der Waals surface area contributed by atoms with Gasteiger partial charge in [-0.3, -0.25) is 10.0 Å². The van der Waals surface area contributed by atoms with Crippen molar-refractivity contribution >= 4 is 32.9 Å². The number of anilines is 1. The summed E-state index contributed by atoms with van der Waals surface area (Å²) in [6, 6.07) is 25.8. The molecule has 0 unspecified atom stereocenters. The van der Waals surface area contributed by atoms with E-state index in [9.17, 15) is 21.6 Å². The van der Waals surface area contributed by atoms with E-state index in [1.807, 2.05) is 59.9 Å². The lowest BCUT2D eigenvalue weighted by Gasteiger charge is -2.14. The first-order valence-electron chi connectivity index (χ1n) is 11.2. The molecule has 0 fully saturated rings. The number of aliphatic imine (C=N–C) groups is 1. The van der Waals surface area contributed by atoms with Crippen LogP contribution in [-0.4, -0.2) is 14.3 Å². The highest BCUT2D eigenvalue weighted by Crippen LogP contribution is 2.35. The fourth-order valence-electron chi connectivity index (χ4n) is 3.94. The van der Waals surface area contributed by atoms with Crippen LogP contribution in [0.3, 0.4) is 0 Å². The molecule has 10 heteroatoms. The first-order valence-corrected chi connectivity index (χ1v) is 12.7. The van der Waals surface area contributed by atoms with Gasteiger partial charge in [0.15, 0.2) is 5.69 Å². The highest BCUT2D eigenvalue weighted by molar-refractivity contribution is 7.92. The van der Waals surface area contributed by atoms with Gasteiger partial charge in [-0.15, -0.1) is 0 Å². The molecule has 0 atom stereocenters. The van der Waals surface area contributed by atoms with E-state index in [2.05, 4.69) is 9.71 Å². The lowest BCUT2D eigenvalue weighted by Crippen LogP contribution is -2.81. The van der Waals surface area contributed by atoms with Crippen molar-refractivity contribution in [2.75, 3.05) is 4.72 Å². The quantitative estimate of drug-likeness (QED) is 0.301. The molecule has 0 aromatic heterocycles. The number of alkyl halides is 3. The Balaban J connectivity index is 1.29. The van der Waals surface area contributed by atoms with Crippen LogP contribution in [0, 0.1) is 0 Å². The minimum atomic E-state index is -4.80. The van der Waals surface area contributed by atoms with Crippen LogP contribution in [-0.2, 0) is 22.6 Å². The average Bonchev–Trinajstić information content (AvgIpc) is 3.27. The standard InChI is InChI=1S/C27H20F3N3O3S/c28-27(29,30)22-8-4-5-9-25(22)37(34,35)33-19-12-15-23-24(17-19)32-26(31-23)16-18-10-13-21(14-11-18)36-20-6-2-1-3-7-20/h1-15,17,33H,16H2,(H,31,32)/p+1. The second-order valence-corrected chi connectivity index (χ2v) is 10.0. The topological polar surface area (TPSA) is 84.4 Å². The summed E-state index contributed by atoms with van der Waals surface area (Å²) in [5.74, 6) is 2.22. The van der Waals surface area contributed by atoms with Gasteiger partial charge in [-0.2, -0.15) is 18.2 Å². The van der Waals surface area contributed by atoms with Gasteiger partial charge in [-0.1, -0.05) is 42.5 Å². The number of hydrogen-bond acceptors (Lipinski definition) is 4. The number of ether oxygens (including phenoxy) is 1. The number of benzene rings is 4. The molecule has 4 aromatic rings. The zero-order valence-electron chi connectivity index (χ0n) is 19.2. The van der Waals surface area contributed by atoms with E-state index in [4.69, 9.17) is 4.74 Å². The van der Waals surface area contributed by atoms with E-state index in [1.54, 1.807) is 6.07 Å². The molecule has 0 saturated heterocycles. The zero-order chi connectivity index (χ0) is 26.0. The van der Waals surface area contributed by atoms with E-state index in [-0.39, 0.29) is 5.69 Å². The van der Waals surface area contributed by atoms with Gasteiger partial charge in [0, 0.05) is 6.07 Å². The van der Waals surface area contributed by atoms with Crippen molar-refractivity contribution in [3.8, 4) is 11.5 Å². The van der Waals surface area contributed by atoms with Crippen molar-refractivity contribution in [2.24, 2.45) is 4.99 Å². The summed E-state index contributed by atoms with van der Waals surface area (Å²) < 4.78 is 73.5. The van der Waals surface area contributed by atoms with Crippen LogP contribution in [0.15, 0.2) is 107 Å². The van der Waals surface area contributed by atoms with Crippen LogP contribution in [0.5, 0.6) is 11.5 Å². The number of halogens is 3. The summed E-state index contributed by atoms with van der Waals surface area (Å²) in [6.45, 7) is 0. The second kappa shape index (κ2) is 9.72. The maximum atomic E-state index is 13.3. The second-order valence-electron chi connectivity index (χ2n) is 8.36. The fourth-order valence-corrected chi connectivity index (χ4v) is 5.22. The first kappa shape index (κ1) is 24.5. The van der Waals surface area contributed by atoms with E-state index in [0.29, 0.717) is 17.9 Å². The van der Waals surface area contributed by atoms with Gasteiger partial charge in [-0.25, -0.2) is 8.42 Å². The van der Waals surface area contributed by atoms with Crippen LogP contribution in [0.2, 0.25) is 0 Å². The normalized spacial score (nSPS) is 13.1. The molecule has 188 valence electrons. The minimum Gasteiger partial charge on any atom is -0.457 e. The van der Waals surface area contributed by atoms with E-state index in [1.165, 1.54) is 18.2 Å². The largest absolute Gasteiger partial charge is 0.457 e. The molecule has 37 heavy (non-hydrogen) atoms. The third-order valence-corrected chi connectivity index (χ3v) is 7.08. The maximum Gasteiger partial charge on any atom is 0.417 e. The predicted molar refractivity (Wildman–Crippen MR) is 134 cm³/mol. The minimum absolute atomic E-state index is 0.122. The first-order chi connectivity index (χ1) is 17.7. The monoisotopic (exact) mass is 524 g/mol. The third kappa shape index (κ3) is 5.65. The molecule has 4 aromatic carbocycles. The van der Waals surface area contributed by atoms with Gasteiger partial charge >= 0.3 is 6.18 Å². The maximum absolute atomic E-state index is 13.3. The molecular formula is C27H21F3N3O3S+. The number of fused-ring (bicyclic) bond motifs is 1.